The van der Waals surface area contributed by atoms with Gasteiger partial charge in [-0.15, -0.1) is 0 Å². The van der Waals surface area contributed by atoms with Crippen LogP contribution >= 0.6 is 7.60 Å². The van der Waals surface area contributed by atoms with E-state index in [1.165, 1.54) is 30.6 Å². The highest BCUT2D eigenvalue weighted by Crippen LogP contribution is 2.50. The standard InChI is InChI=1S/C26H25FN5O7P/c1-17-38-21(23(39-17)19-7-9-20(27)10-8-19)14-37-40(34,36-13-18-5-3-2-4-6-18)16-35-12-11-32-15-29-22-24(32)30-26(28)31-25(22)33/h2-10,15H,1,11-14,16H2,(H3,28,30,31,33). The zero-order valence-corrected chi connectivity index (χ0v) is 22.0. The number of hydrogen-bond donors (Lipinski definition) is 2. The lowest BCUT2D eigenvalue weighted by atomic mass is 10.1. The first kappa shape index (κ1) is 27.3. The van der Waals surface area contributed by atoms with Crippen LogP contribution in [0.25, 0.3) is 16.9 Å². The Bertz CT molecular complexity index is 1650. The Hall–Kier alpha value is -4.29. The predicted molar refractivity (Wildman–Crippen MR) is 143 cm³/mol. The van der Waals surface area contributed by atoms with Crippen molar-refractivity contribution in [1.29, 1.82) is 0 Å². The molecular weight excluding hydrogens is 544 g/mol. The first-order valence-corrected chi connectivity index (χ1v) is 13.8. The zero-order chi connectivity index (χ0) is 28.1. The second-order valence-corrected chi connectivity index (χ2v) is 10.6. The smallest absolute Gasteiger partial charge is 0.356 e. The topological polar surface area (TPSA) is 153 Å². The van der Waals surface area contributed by atoms with Crippen LogP contribution in [-0.4, -0.2) is 39.1 Å². The molecule has 1 unspecified atom stereocenters. The molecule has 40 heavy (non-hydrogen) atoms. The van der Waals surface area contributed by atoms with E-state index in [9.17, 15) is 13.8 Å². The van der Waals surface area contributed by atoms with Gasteiger partial charge in [-0.2, -0.15) is 4.98 Å². The largest absolute Gasteiger partial charge is 0.424 e. The summed E-state index contributed by atoms with van der Waals surface area (Å²) >= 11 is 0. The van der Waals surface area contributed by atoms with Crippen molar-refractivity contribution in [3.05, 3.63) is 107 Å². The van der Waals surface area contributed by atoms with E-state index in [2.05, 4.69) is 21.5 Å². The van der Waals surface area contributed by atoms with E-state index < -0.39 is 19.0 Å². The second-order valence-electron chi connectivity index (χ2n) is 8.58. The molecule has 0 spiro atoms. The van der Waals surface area contributed by atoms with E-state index in [1.807, 2.05) is 30.3 Å². The summed E-state index contributed by atoms with van der Waals surface area (Å²) in [5, 5.41) is 0. The lowest BCUT2D eigenvalue weighted by Gasteiger charge is -2.19. The number of nitrogens with zero attached hydrogens (tertiary/aromatic N) is 3. The van der Waals surface area contributed by atoms with Gasteiger partial charge < -0.3 is 29.0 Å². The Morgan fingerprint density at radius 1 is 1.07 bits per heavy atom. The van der Waals surface area contributed by atoms with Gasteiger partial charge in [-0.1, -0.05) is 30.3 Å². The van der Waals surface area contributed by atoms with Crippen molar-refractivity contribution in [2.75, 3.05) is 25.3 Å². The molecule has 12 nitrogen and oxygen atoms in total. The minimum Gasteiger partial charge on any atom is -0.424 e. The minimum absolute atomic E-state index is 0.00477. The molecule has 0 amide bonds. The molecule has 3 heterocycles. The summed E-state index contributed by atoms with van der Waals surface area (Å²) in [6, 6.07) is 14.7. The molecule has 1 aliphatic rings. The molecule has 0 aliphatic carbocycles. The molecule has 0 bridgehead atoms. The quantitative estimate of drug-likeness (QED) is 0.188. The molecule has 3 N–H and O–H groups in total. The number of H-pyrrole nitrogens is 1. The molecule has 2 aromatic carbocycles. The van der Waals surface area contributed by atoms with Crippen LogP contribution in [-0.2, 0) is 41.0 Å². The number of anilines is 1. The number of halogens is 1. The van der Waals surface area contributed by atoms with Crippen LogP contribution in [0.5, 0.6) is 0 Å². The number of hydrogen-bond acceptors (Lipinski definition) is 10. The highest BCUT2D eigenvalue weighted by Gasteiger charge is 2.30. The normalized spacial score (nSPS) is 14.8. The van der Waals surface area contributed by atoms with E-state index in [0.29, 0.717) is 11.2 Å². The van der Waals surface area contributed by atoms with Crippen LogP contribution in [0.3, 0.4) is 0 Å². The first-order chi connectivity index (χ1) is 19.3. The van der Waals surface area contributed by atoms with E-state index in [-0.39, 0.29) is 61.6 Å². The molecule has 1 aliphatic heterocycles. The summed E-state index contributed by atoms with van der Waals surface area (Å²) in [6.45, 7) is 3.68. The number of benzene rings is 2. The molecular formula is C26H25FN5O7P. The fourth-order valence-electron chi connectivity index (χ4n) is 3.78. The van der Waals surface area contributed by atoms with Gasteiger partial charge >= 0.3 is 7.60 Å². The zero-order valence-electron chi connectivity index (χ0n) is 21.1. The summed E-state index contributed by atoms with van der Waals surface area (Å²) in [4.78, 5) is 22.5. The van der Waals surface area contributed by atoms with E-state index in [4.69, 9.17) is 29.0 Å². The van der Waals surface area contributed by atoms with Crippen LogP contribution < -0.4 is 11.3 Å². The molecule has 0 saturated carbocycles. The summed E-state index contributed by atoms with van der Waals surface area (Å²) in [5.74, 6) is -0.00359. The minimum atomic E-state index is -3.85. The molecule has 0 saturated heterocycles. The number of imidazole rings is 1. The summed E-state index contributed by atoms with van der Waals surface area (Å²) in [5.41, 5.74) is 6.93. The fraction of sp³-hybridized carbons (Fsp3) is 0.192. The van der Waals surface area contributed by atoms with Crippen molar-refractivity contribution in [3.63, 3.8) is 0 Å². The van der Waals surface area contributed by atoms with Crippen molar-refractivity contribution >= 4 is 30.5 Å². The van der Waals surface area contributed by atoms with Crippen molar-refractivity contribution in [1.82, 2.24) is 19.5 Å². The maximum Gasteiger partial charge on any atom is 0.356 e. The number of nitrogens with one attached hydrogen (secondary N) is 1. The SMILES string of the molecule is C=C1OC(COP(=O)(COCCn2cnc3c(=O)[nH]c(N)nc32)OCc2ccccc2)=C(c2ccc(F)cc2)O1. The molecule has 208 valence electrons. The number of ether oxygens (including phenoxy) is 3. The van der Waals surface area contributed by atoms with E-state index >= 15 is 0 Å². The average Bonchev–Trinajstić information content (AvgIpc) is 3.53. The second kappa shape index (κ2) is 11.8. The molecule has 0 radical (unpaired) electrons. The summed E-state index contributed by atoms with van der Waals surface area (Å²) in [6.07, 6.45) is 1.05. The fourth-order valence-corrected chi connectivity index (χ4v) is 5.02. The van der Waals surface area contributed by atoms with Crippen molar-refractivity contribution in [2.45, 2.75) is 13.2 Å². The highest BCUT2D eigenvalue weighted by molar-refractivity contribution is 7.53. The van der Waals surface area contributed by atoms with Crippen LogP contribution in [0.15, 0.2) is 84.0 Å². The lowest BCUT2D eigenvalue weighted by Crippen LogP contribution is -2.13. The lowest BCUT2D eigenvalue weighted by molar-refractivity contribution is 0.115. The molecule has 1 atom stereocenters. The number of nitrogen functional groups attached to an aromatic ring is 1. The number of rotatable bonds is 12. The van der Waals surface area contributed by atoms with Gasteiger partial charge in [0, 0.05) is 12.1 Å². The summed E-state index contributed by atoms with van der Waals surface area (Å²) in [7, 11) is -3.85. The molecule has 0 fully saturated rings. The van der Waals surface area contributed by atoms with Crippen molar-refractivity contribution < 1.29 is 32.2 Å². The third-order valence-corrected chi connectivity index (χ3v) is 7.24. The van der Waals surface area contributed by atoms with Gasteiger partial charge in [-0.05, 0) is 36.4 Å². The van der Waals surface area contributed by atoms with Gasteiger partial charge in [0.05, 0.1) is 19.5 Å². The average molecular weight is 569 g/mol. The third kappa shape index (κ3) is 6.46. The number of fused-ring (bicyclic) bond motifs is 1. The van der Waals surface area contributed by atoms with Crippen LogP contribution in [0.2, 0.25) is 0 Å². The Balaban J connectivity index is 1.27. The Morgan fingerprint density at radius 3 is 2.60 bits per heavy atom. The van der Waals surface area contributed by atoms with Gasteiger partial charge in [0.1, 0.15) is 18.8 Å². The maximum absolute atomic E-state index is 13.7. The van der Waals surface area contributed by atoms with E-state index in [0.717, 1.165) is 5.56 Å². The number of aromatic amines is 1. The number of nitrogens with two attached hydrogens (primary N) is 1. The van der Waals surface area contributed by atoms with E-state index in [1.54, 1.807) is 4.57 Å². The van der Waals surface area contributed by atoms with Gasteiger partial charge in [0.2, 0.25) is 5.95 Å². The van der Waals surface area contributed by atoms with Gasteiger partial charge in [0.25, 0.3) is 11.5 Å². The molecule has 5 rings (SSSR count). The van der Waals surface area contributed by atoms with Crippen LogP contribution in [0, 0.1) is 5.82 Å². The van der Waals surface area contributed by atoms with Gasteiger partial charge in [0.15, 0.2) is 22.7 Å². The van der Waals surface area contributed by atoms with Gasteiger partial charge in [-0.3, -0.25) is 18.9 Å². The first-order valence-electron chi connectivity index (χ1n) is 12.0. The van der Waals surface area contributed by atoms with Crippen LogP contribution in [0.4, 0.5) is 10.3 Å². The van der Waals surface area contributed by atoms with Crippen molar-refractivity contribution in [3.8, 4) is 0 Å². The monoisotopic (exact) mass is 569 g/mol. The highest BCUT2D eigenvalue weighted by atomic mass is 31.2. The third-order valence-electron chi connectivity index (χ3n) is 5.69. The predicted octanol–water partition coefficient (Wildman–Crippen LogP) is 4.13. The maximum atomic E-state index is 13.7. The van der Waals surface area contributed by atoms with Crippen LogP contribution in [0.1, 0.15) is 11.1 Å². The summed E-state index contributed by atoms with van der Waals surface area (Å²) < 4.78 is 56.9. The molecule has 4 aromatic rings. The van der Waals surface area contributed by atoms with Crippen molar-refractivity contribution in [2.24, 2.45) is 0 Å². The Kier molecular flexibility index (Phi) is 8.08. The Morgan fingerprint density at radius 2 is 1.82 bits per heavy atom. The molecule has 2 aromatic heterocycles. The number of aromatic nitrogens is 4. The van der Waals surface area contributed by atoms with Gasteiger partial charge in [-0.25, -0.2) is 9.37 Å². The molecule has 14 heteroatoms. The Labute approximate surface area is 227 Å².